The van der Waals surface area contributed by atoms with Crippen molar-refractivity contribution in [2.45, 2.75) is 77.7 Å². The highest BCUT2D eigenvalue weighted by Gasteiger charge is 2.26. The van der Waals surface area contributed by atoms with Gasteiger partial charge in [0, 0.05) is 30.3 Å². The van der Waals surface area contributed by atoms with Gasteiger partial charge in [0.05, 0.1) is 0 Å². The van der Waals surface area contributed by atoms with Crippen molar-refractivity contribution in [3.63, 3.8) is 0 Å². The smallest absolute Gasteiger partial charge is 0.251 e. The Hall–Kier alpha value is -1.84. The van der Waals surface area contributed by atoms with Crippen molar-refractivity contribution < 1.29 is 9.59 Å². The summed E-state index contributed by atoms with van der Waals surface area (Å²) in [6.45, 7) is 4.70. The van der Waals surface area contributed by atoms with E-state index in [4.69, 9.17) is 0 Å². The SMILES string of the molecule is CC(C)NC(=O)c1cccc2c1CCCN2C(=O)CCC1CCCCC1. The predicted octanol–water partition coefficient (Wildman–Crippen LogP) is 4.46. The molecule has 0 atom stereocenters. The van der Waals surface area contributed by atoms with Crippen LogP contribution in [0.4, 0.5) is 5.69 Å². The maximum Gasteiger partial charge on any atom is 0.251 e. The zero-order valence-corrected chi connectivity index (χ0v) is 16.2. The Morgan fingerprint density at radius 3 is 2.65 bits per heavy atom. The van der Waals surface area contributed by atoms with Gasteiger partial charge in [-0.3, -0.25) is 9.59 Å². The van der Waals surface area contributed by atoms with Crippen molar-refractivity contribution in [2.24, 2.45) is 5.92 Å². The number of benzene rings is 1. The highest BCUT2D eigenvalue weighted by molar-refractivity contribution is 6.00. The molecule has 4 nitrogen and oxygen atoms in total. The second-order valence-electron chi connectivity index (χ2n) is 8.12. The minimum Gasteiger partial charge on any atom is -0.350 e. The molecular formula is C22H32N2O2. The molecule has 2 amide bonds. The van der Waals surface area contributed by atoms with Crippen LogP contribution in [0, 0.1) is 5.92 Å². The van der Waals surface area contributed by atoms with Crippen LogP contribution >= 0.6 is 0 Å². The molecule has 1 heterocycles. The average molecular weight is 357 g/mol. The topological polar surface area (TPSA) is 49.4 Å². The van der Waals surface area contributed by atoms with Crippen LogP contribution in [-0.4, -0.2) is 24.4 Å². The molecule has 1 saturated carbocycles. The van der Waals surface area contributed by atoms with Crippen LogP contribution in [0.25, 0.3) is 0 Å². The van der Waals surface area contributed by atoms with Crippen LogP contribution in [0.2, 0.25) is 0 Å². The molecule has 1 aliphatic heterocycles. The molecule has 142 valence electrons. The first-order valence-corrected chi connectivity index (χ1v) is 10.3. The van der Waals surface area contributed by atoms with Crippen LogP contribution in [0.5, 0.6) is 0 Å². The quantitative estimate of drug-likeness (QED) is 0.846. The Balaban J connectivity index is 1.71. The largest absolute Gasteiger partial charge is 0.350 e. The van der Waals surface area contributed by atoms with Crippen molar-refractivity contribution in [3.8, 4) is 0 Å². The van der Waals surface area contributed by atoms with E-state index in [0.717, 1.165) is 48.5 Å². The average Bonchev–Trinajstić information content (AvgIpc) is 2.65. The van der Waals surface area contributed by atoms with Gasteiger partial charge >= 0.3 is 0 Å². The maximum atomic E-state index is 12.9. The minimum atomic E-state index is -0.0339. The fourth-order valence-electron chi connectivity index (χ4n) is 4.37. The lowest BCUT2D eigenvalue weighted by Gasteiger charge is -2.31. The van der Waals surface area contributed by atoms with Crippen molar-refractivity contribution in [3.05, 3.63) is 29.3 Å². The van der Waals surface area contributed by atoms with Crippen molar-refractivity contribution in [2.75, 3.05) is 11.4 Å². The molecule has 4 heteroatoms. The summed E-state index contributed by atoms with van der Waals surface area (Å²) in [5.41, 5.74) is 2.70. The summed E-state index contributed by atoms with van der Waals surface area (Å²) >= 11 is 0. The molecule has 2 aliphatic rings. The summed E-state index contributed by atoms with van der Waals surface area (Å²) in [5.74, 6) is 0.909. The van der Waals surface area contributed by atoms with E-state index in [1.165, 1.54) is 32.1 Å². The van der Waals surface area contributed by atoms with E-state index >= 15 is 0 Å². The second kappa shape index (κ2) is 8.70. The molecule has 1 N–H and O–H groups in total. The summed E-state index contributed by atoms with van der Waals surface area (Å²) in [5, 5.41) is 2.98. The van der Waals surface area contributed by atoms with Crippen LogP contribution < -0.4 is 10.2 Å². The van der Waals surface area contributed by atoms with Gasteiger partial charge in [0.2, 0.25) is 5.91 Å². The number of nitrogens with one attached hydrogen (secondary N) is 1. The molecule has 0 unspecified atom stereocenters. The Labute approximate surface area is 157 Å². The maximum absolute atomic E-state index is 12.9. The number of amides is 2. The molecular weight excluding hydrogens is 324 g/mol. The van der Waals surface area contributed by atoms with Crippen LogP contribution in [0.3, 0.4) is 0 Å². The molecule has 0 aromatic heterocycles. The first-order chi connectivity index (χ1) is 12.6. The van der Waals surface area contributed by atoms with Gasteiger partial charge in [0.1, 0.15) is 0 Å². The fraction of sp³-hybridized carbons (Fsp3) is 0.636. The lowest BCUT2D eigenvalue weighted by atomic mass is 9.86. The standard InChI is InChI=1S/C22H32N2O2/c1-16(2)23-22(26)19-10-6-12-20-18(19)11-7-15-24(20)21(25)14-13-17-8-4-3-5-9-17/h6,10,12,16-17H,3-5,7-9,11,13-15H2,1-2H3,(H,23,26). The van der Waals surface area contributed by atoms with E-state index in [9.17, 15) is 9.59 Å². The molecule has 1 aliphatic carbocycles. The van der Waals surface area contributed by atoms with Gasteiger partial charge in [0.25, 0.3) is 5.91 Å². The summed E-state index contributed by atoms with van der Waals surface area (Å²) in [4.78, 5) is 27.3. The summed E-state index contributed by atoms with van der Waals surface area (Å²) in [6, 6.07) is 5.89. The van der Waals surface area contributed by atoms with Gasteiger partial charge in [0.15, 0.2) is 0 Å². The summed E-state index contributed by atoms with van der Waals surface area (Å²) < 4.78 is 0. The number of hydrogen-bond acceptors (Lipinski definition) is 2. The zero-order chi connectivity index (χ0) is 18.5. The molecule has 0 spiro atoms. The fourth-order valence-corrected chi connectivity index (χ4v) is 4.37. The van der Waals surface area contributed by atoms with Gasteiger partial charge in [-0.2, -0.15) is 0 Å². The number of rotatable bonds is 5. The Bertz CT molecular complexity index is 648. The van der Waals surface area contributed by atoms with Gasteiger partial charge in [-0.05, 0) is 56.7 Å². The zero-order valence-electron chi connectivity index (χ0n) is 16.2. The molecule has 1 aromatic rings. The highest BCUT2D eigenvalue weighted by atomic mass is 16.2. The van der Waals surface area contributed by atoms with Gasteiger partial charge in [-0.1, -0.05) is 38.2 Å². The first-order valence-electron chi connectivity index (χ1n) is 10.3. The lowest BCUT2D eigenvalue weighted by Crippen LogP contribution is -2.37. The number of hydrogen-bond donors (Lipinski definition) is 1. The molecule has 3 rings (SSSR count). The second-order valence-corrected chi connectivity index (χ2v) is 8.12. The van der Waals surface area contributed by atoms with E-state index in [-0.39, 0.29) is 17.9 Å². The molecule has 26 heavy (non-hydrogen) atoms. The van der Waals surface area contributed by atoms with Crippen molar-refractivity contribution >= 4 is 17.5 Å². The van der Waals surface area contributed by atoms with Crippen LogP contribution in [0.1, 0.15) is 81.1 Å². The number of carbonyl (C=O) groups excluding carboxylic acids is 2. The Morgan fingerprint density at radius 1 is 1.15 bits per heavy atom. The third-order valence-electron chi connectivity index (χ3n) is 5.71. The first kappa shape index (κ1) is 18.9. The van der Waals surface area contributed by atoms with Gasteiger partial charge in [-0.25, -0.2) is 0 Å². The third-order valence-corrected chi connectivity index (χ3v) is 5.71. The lowest BCUT2D eigenvalue weighted by molar-refractivity contribution is -0.119. The summed E-state index contributed by atoms with van der Waals surface area (Å²) in [7, 11) is 0. The molecule has 0 radical (unpaired) electrons. The number of anilines is 1. The molecule has 0 bridgehead atoms. The molecule has 1 aromatic carbocycles. The highest BCUT2D eigenvalue weighted by Crippen LogP contribution is 2.32. The third kappa shape index (κ3) is 4.46. The van der Waals surface area contributed by atoms with Crippen molar-refractivity contribution in [1.29, 1.82) is 0 Å². The number of carbonyl (C=O) groups is 2. The predicted molar refractivity (Wildman–Crippen MR) is 106 cm³/mol. The van der Waals surface area contributed by atoms with E-state index < -0.39 is 0 Å². The van der Waals surface area contributed by atoms with E-state index in [2.05, 4.69) is 5.32 Å². The monoisotopic (exact) mass is 356 g/mol. The Morgan fingerprint density at radius 2 is 1.92 bits per heavy atom. The molecule has 1 fully saturated rings. The number of nitrogens with zero attached hydrogens (tertiary/aromatic N) is 1. The normalized spacial score (nSPS) is 17.9. The Kier molecular flexibility index (Phi) is 6.33. The number of fused-ring (bicyclic) bond motifs is 1. The minimum absolute atomic E-state index is 0.0339. The van der Waals surface area contributed by atoms with Gasteiger partial charge in [-0.15, -0.1) is 0 Å². The van der Waals surface area contributed by atoms with Crippen LogP contribution in [0.15, 0.2) is 18.2 Å². The summed E-state index contributed by atoms with van der Waals surface area (Å²) in [6.07, 6.45) is 9.99. The van der Waals surface area contributed by atoms with Crippen molar-refractivity contribution in [1.82, 2.24) is 5.32 Å². The van der Waals surface area contributed by atoms with Gasteiger partial charge < -0.3 is 10.2 Å². The van der Waals surface area contributed by atoms with E-state index in [1.54, 1.807) is 0 Å². The van der Waals surface area contributed by atoms with Crippen LogP contribution in [-0.2, 0) is 11.2 Å². The molecule has 0 saturated heterocycles. The van der Waals surface area contributed by atoms with E-state index in [1.807, 2.05) is 36.9 Å². The van der Waals surface area contributed by atoms with E-state index in [0.29, 0.717) is 6.42 Å².